The highest BCUT2D eigenvalue weighted by Gasteiger charge is 2.38. The van der Waals surface area contributed by atoms with Crippen molar-refractivity contribution in [1.82, 2.24) is 30.2 Å². The van der Waals surface area contributed by atoms with E-state index < -0.39 is 23.4 Å². The topological polar surface area (TPSA) is 216 Å². The molecule has 0 aliphatic carbocycles. The van der Waals surface area contributed by atoms with Gasteiger partial charge in [-0.15, -0.1) is 24.8 Å². The first-order chi connectivity index (χ1) is 24.8. The average molecular weight is 796 g/mol. The van der Waals surface area contributed by atoms with Gasteiger partial charge in [0.05, 0.1) is 0 Å². The summed E-state index contributed by atoms with van der Waals surface area (Å²) in [7, 11) is 0. The molecule has 0 radical (unpaired) electrons. The lowest BCUT2D eigenvalue weighted by atomic mass is 10.1. The molecule has 2 atom stereocenters. The second-order valence-corrected chi connectivity index (χ2v) is 12.8. The van der Waals surface area contributed by atoms with Gasteiger partial charge >= 0.3 is 12.1 Å². The number of carbonyl (C=O) groups is 4. The molecule has 2 aromatic carbocycles. The Labute approximate surface area is 328 Å². The minimum Gasteiger partial charge on any atom is -0.358 e. The van der Waals surface area contributed by atoms with Crippen LogP contribution < -0.4 is 22.1 Å². The predicted octanol–water partition coefficient (Wildman–Crippen LogP) is 0.309. The molecule has 298 valence electrons. The fraction of sp³-hybridized carbons (Fsp3) is 0.500. The second kappa shape index (κ2) is 21.6. The van der Waals surface area contributed by atoms with Crippen molar-refractivity contribution in [2.75, 3.05) is 65.6 Å². The van der Waals surface area contributed by atoms with Crippen LogP contribution in [0.4, 0.5) is 9.59 Å². The maximum Gasteiger partial charge on any atom is 0.317 e. The Balaban J connectivity index is 0.00000504. The second-order valence-electron chi connectivity index (χ2n) is 12.8. The highest BCUT2D eigenvalue weighted by Crippen LogP contribution is 2.15. The molecule has 2 aromatic rings. The quantitative estimate of drug-likeness (QED) is 0.128. The maximum absolute atomic E-state index is 13.0. The number of piperazine rings is 2. The Bertz CT molecular complexity index is 1470. The van der Waals surface area contributed by atoms with Crippen molar-refractivity contribution in [3.05, 3.63) is 70.8 Å². The van der Waals surface area contributed by atoms with Gasteiger partial charge in [0.25, 0.3) is 11.8 Å². The highest BCUT2D eigenvalue weighted by molar-refractivity contribution is 5.86. The van der Waals surface area contributed by atoms with E-state index in [4.69, 9.17) is 20.9 Å². The number of ether oxygens (including phenoxy) is 2. The number of aliphatic hydroxyl groups is 2. The first kappa shape index (κ1) is 46.0. The van der Waals surface area contributed by atoms with Gasteiger partial charge in [0.1, 0.15) is 13.2 Å². The summed E-state index contributed by atoms with van der Waals surface area (Å²) in [6.45, 7) is 5.40. The van der Waals surface area contributed by atoms with E-state index in [0.717, 1.165) is 22.3 Å². The Morgan fingerprint density at radius 1 is 0.593 bits per heavy atom. The molecule has 0 saturated carbocycles. The summed E-state index contributed by atoms with van der Waals surface area (Å²) in [6.07, 6.45) is 0. The SMILES string of the molecule is CC(O)(OCC#CCOC(C)(O)C(=O)N1CCN(C(=O)NCc2ccc(CN)cc2)CC1)C(=O)N1CCN(C(=O)NCc2ccc(CN)cc2)CC1.Cl.Cl. The number of carbonyl (C=O) groups excluding carboxylic acids is 4. The van der Waals surface area contributed by atoms with Gasteiger partial charge in [-0.1, -0.05) is 60.4 Å². The molecule has 0 aromatic heterocycles. The lowest BCUT2D eigenvalue weighted by molar-refractivity contribution is -0.206. The average Bonchev–Trinajstić information content (AvgIpc) is 3.17. The number of nitrogens with one attached hydrogen (secondary N) is 2. The first-order valence-corrected chi connectivity index (χ1v) is 17.2. The number of benzene rings is 2. The van der Waals surface area contributed by atoms with Crippen LogP contribution in [-0.4, -0.2) is 131 Å². The molecule has 0 bridgehead atoms. The number of hydrogen-bond donors (Lipinski definition) is 6. The maximum atomic E-state index is 13.0. The Kier molecular flexibility index (Phi) is 18.4. The van der Waals surface area contributed by atoms with Crippen LogP contribution in [0.5, 0.6) is 0 Å². The fourth-order valence-corrected chi connectivity index (χ4v) is 5.56. The van der Waals surface area contributed by atoms with E-state index in [0.29, 0.717) is 26.2 Å². The zero-order valence-corrected chi connectivity index (χ0v) is 32.3. The molecule has 2 unspecified atom stereocenters. The van der Waals surface area contributed by atoms with Gasteiger partial charge in [-0.2, -0.15) is 0 Å². The van der Waals surface area contributed by atoms with Gasteiger partial charge in [-0.25, -0.2) is 9.59 Å². The van der Waals surface area contributed by atoms with E-state index in [-0.39, 0.29) is 102 Å². The molecule has 4 rings (SSSR count). The Hall–Kier alpha value is -4.18. The molecule has 2 saturated heterocycles. The van der Waals surface area contributed by atoms with Crippen LogP contribution in [-0.2, 0) is 45.2 Å². The summed E-state index contributed by atoms with van der Waals surface area (Å²) < 4.78 is 10.7. The molecule has 2 fully saturated rings. The number of nitrogens with two attached hydrogens (primary N) is 2. The monoisotopic (exact) mass is 794 g/mol. The van der Waals surface area contributed by atoms with Gasteiger partial charge < -0.3 is 61.4 Å². The van der Waals surface area contributed by atoms with E-state index in [1.54, 1.807) is 9.80 Å². The highest BCUT2D eigenvalue weighted by atomic mass is 35.5. The first-order valence-electron chi connectivity index (χ1n) is 17.2. The van der Waals surface area contributed by atoms with E-state index in [1.165, 1.54) is 23.6 Å². The van der Waals surface area contributed by atoms with Crippen LogP contribution in [0.25, 0.3) is 0 Å². The van der Waals surface area contributed by atoms with Crippen LogP contribution in [0, 0.1) is 11.8 Å². The third kappa shape index (κ3) is 13.3. The minimum atomic E-state index is -2.16. The lowest BCUT2D eigenvalue weighted by Crippen LogP contribution is -2.57. The molecule has 0 spiro atoms. The van der Waals surface area contributed by atoms with Crippen molar-refractivity contribution >= 4 is 48.7 Å². The van der Waals surface area contributed by atoms with Crippen molar-refractivity contribution in [1.29, 1.82) is 0 Å². The van der Waals surface area contributed by atoms with Gasteiger partial charge in [0.15, 0.2) is 0 Å². The van der Waals surface area contributed by atoms with Gasteiger partial charge in [0, 0.05) is 78.5 Å². The lowest BCUT2D eigenvalue weighted by Gasteiger charge is -2.37. The van der Waals surface area contributed by atoms with E-state index in [9.17, 15) is 29.4 Å². The van der Waals surface area contributed by atoms with Crippen molar-refractivity contribution in [3.8, 4) is 11.8 Å². The fourth-order valence-electron chi connectivity index (χ4n) is 5.56. The zero-order valence-electron chi connectivity index (χ0n) is 30.6. The standard InChI is InChI=1S/C36H50N8O8.2ClH/c1-35(49,31(45)41-13-17-43(18-14-41)33(47)39-25-29-9-5-27(23-37)6-10-29)51-21-3-4-22-52-36(2,50)32(46)42-15-19-44(20-16-42)34(48)40-26-30-11-7-28(24-38)8-12-30;;/h5-12,49-50H,13-26,37-38H2,1-2H3,(H,39,47)(H,40,48);2*1H. The third-order valence-electron chi connectivity index (χ3n) is 8.88. The number of nitrogens with zero attached hydrogens (tertiary/aromatic N) is 4. The van der Waals surface area contributed by atoms with Crippen molar-refractivity contribution in [2.45, 2.75) is 51.6 Å². The number of hydrogen-bond acceptors (Lipinski definition) is 10. The van der Waals surface area contributed by atoms with E-state index in [2.05, 4.69) is 22.5 Å². The number of halogens is 2. The largest absolute Gasteiger partial charge is 0.358 e. The summed E-state index contributed by atoms with van der Waals surface area (Å²) in [5.74, 6) is -0.425. The van der Waals surface area contributed by atoms with Crippen LogP contribution in [0.3, 0.4) is 0 Å². The molecule has 18 heteroatoms. The van der Waals surface area contributed by atoms with E-state index >= 15 is 0 Å². The molecule has 54 heavy (non-hydrogen) atoms. The van der Waals surface area contributed by atoms with Crippen LogP contribution in [0.2, 0.25) is 0 Å². The Morgan fingerprint density at radius 3 is 1.17 bits per heavy atom. The summed E-state index contributed by atoms with van der Waals surface area (Å²) in [6, 6.07) is 14.8. The molecule has 2 aliphatic rings. The number of rotatable bonds is 12. The van der Waals surface area contributed by atoms with Crippen LogP contribution >= 0.6 is 24.8 Å². The van der Waals surface area contributed by atoms with Gasteiger partial charge in [-0.3, -0.25) is 9.59 Å². The number of urea groups is 2. The smallest absolute Gasteiger partial charge is 0.317 e. The van der Waals surface area contributed by atoms with Crippen molar-refractivity contribution < 1.29 is 38.9 Å². The summed E-state index contributed by atoms with van der Waals surface area (Å²) in [4.78, 5) is 57.2. The summed E-state index contributed by atoms with van der Waals surface area (Å²) in [5.41, 5.74) is 15.1. The van der Waals surface area contributed by atoms with Gasteiger partial charge in [0.2, 0.25) is 11.6 Å². The van der Waals surface area contributed by atoms with Crippen molar-refractivity contribution in [2.24, 2.45) is 11.5 Å². The van der Waals surface area contributed by atoms with Crippen molar-refractivity contribution in [3.63, 3.8) is 0 Å². The number of amides is 6. The zero-order chi connectivity index (χ0) is 37.7. The molecule has 2 aliphatic heterocycles. The normalized spacial score (nSPS) is 16.3. The summed E-state index contributed by atoms with van der Waals surface area (Å²) in [5, 5.41) is 27.1. The minimum absolute atomic E-state index is 0. The molecular formula is C36H52Cl2N8O8. The third-order valence-corrected chi connectivity index (χ3v) is 8.88. The van der Waals surface area contributed by atoms with Gasteiger partial charge in [-0.05, 0) is 36.1 Å². The predicted molar refractivity (Wildman–Crippen MR) is 205 cm³/mol. The molecular weight excluding hydrogens is 743 g/mol. The molecule has 16 nitrogen and oxygen atoms in total. The molecule has 8 N–H and O–H groups in total. The summed E-state index contributed by atoms with van der Waals surface area (Å²) >= 11 is 0. The molecule has 2 heterocycles. The Morgan fingerprint density at radius 2 is 0.870 bits per heavy atom. The van der Waals surface area contributed by atoms with Crippen LogP contribution in [0.1, 0.15) is 36.1 Å². The van der Waals surface area contributed by atoms with Crippen LogP contribution in [0.15, 0.2) is 48.5 Å². The molecule has 6 amide bonds. The van der Waals surface area contributed by atoms with E-state index in [1.807, 2.05) is 48.5 Å².